The number of hydrogen-bond donors (Lipinski definition) is 0. The van der Waals surface area contributed by atoms with Crippen LogP contribution in [0.2, 0.25) is 0 Å². The molecule has 2 aromatic rings. The predicted octanol–water partition coefficient (Wildman–Crippen LogP) is 3.49. The molecule has 0 aromatic heterocycles. The van der Waals surface area contributed by atoms with Gasteiger partial charge in [-0.15, -0.1) is 0 Å². The van der Waals surface area contributed by atoms with Crippen LogP contribution >= 0.6 is 0 Å². The van der Waals surface area contributed by atoms with Gasteiger partial charge in [0.25, 0.3) is 0 Å². The number of nitrogens with zero attached hydrogens (tertiary/aromatic N) is 1. The lowest BCUT2D eigenvalue weighted by Crippen LogP contribution is -2.11. The Morgan fingerprint density at radius 1 is 1.20 bits per heavy atom. The Labute approximate surface area is 118 Å². The van der Waals surface area contributed by atoms with E-state index in [-0.39, 0.29) is 5.78 Å². The van der Waals surface area contributed by atoms with E-state index < -0.39 is 5.92 Å². The summed E-state index contributed by atoms with van der Waals surface area (Å²) in [5, 5.41) is 9.30. The van der Waals surface area contributed by atoms with Crippen LogP contribution in [0.15, 0.2) is 48.5 Å². The van der Waals surface area contributed by atoms with E-state index in [2.05, 4.69) is 6.07 Å². The van der Waals surface area contributed by atoms with Gasteiger partial charge in [0.15, 0.2) is 5.78 Å². The third kappa shape index (κ3) is 2.86. The summed E-state index contributed by atoms with van der Waals surface area (Å²) in [7, 11) is 1.58. The van der Waals surface area contributed by atoms with Crippen molar-refractivity contribution in [3.05, 3.63) is 65.2 Å². The van der Waals surface area contributed by atoms with Gasteiger partial charge in [0.1, 0.15) is 11.7 Å². The van der Waals surface area contributed by atoms with Gasteiger partial charge in [0.2, 0.25) is 0 Å². The number of ether oxygens (including phenoxy) is 1. The number of ketones is 1. The zero-order valence-electron chi connectivity index (χ0n) is 11.5. The third-order valence-electron chi connectivity index (χ3n) is 3.14. The third-order valence-corrected chi connectivity index (χ3v) is 3.14. The molecule has 3 heteroatoms. The fraction of sp³-hybridized carbons (Fsp3) is 0.176. The Hall–Kier alpha value is -2.60. The van der Waals surface area contributed by atoms with E-state index in [0.717, 1.165) is 5.56 Å². The number of Topliss-reactive ketones (excluding diaryl/α,β-unsaturated/α-hetero) is 1. The minimum atomic E-state index is -0.789. The van der Waals surface area contributed by atoms with Crippen LogP contribution in [-0.4, -0.2) is 12.9 Å². The summed E-state index contributed by atoms with van der Waals surface area (Å²) in [6, 6.07) is 16.4. The molecule has 0 saturated heterocycles. The highest BCUT2D eigenvalue weighted by Gasteiger charge is 2.21. The largest absolute Gasteiger partial charge is 0.497 e. The molecule has 0 aliphatic carbocycles. The number of carbonyl (C=O) groups excluding carboxylic acids is 1. The molecular weight excluding hydrogens is 250 g/mol. The van der Waals surface area contributed by atoms with Crippen LogP contribution in [-0.2, 0) is 0 Å². The van der Waals surface area contributed by atoms with E-state index in [1.54, 1.807) is 43.5 Å². The Morgan fingerprint density at radius 2 is 1.90 bits per heavy atom. The first-order valence-corrected chi connectivity index (χ1v) is 6.30. The number of benzene rings is 2. The highest BCUT2D eigenvalue weighted by atomic mass is 16.5. The Bertz CT molecular complexity index is 653. The number of aryl methyl sites for hydroxylation is 1. The van der Waals surface area contributed by atoms with Gasteiger partial charge in [-0.1, -0.05) is 35.9 Å². The molecule has 1 atom stereocenters. The average molecular weight is 265 g/mol. The summed E-state index contributed by atoms with van der Waals surface area (Å²) in [4.78, 5) is 12.4. The van der Waals surface area contributed by atoms with Crippen LogP contribution in [0, 0.1) is 18.3 Å². The van der Waals surface area contributed by atoms with Crippen LogP contribution in [0.25, 0.3) is 0 Å². The van der Waals surface area contributed by atoms with Crippen molar-refractivity contribution < 1.29 is 9.53 Å². The predicted molar refractivity (Wildman–Crippen MR) is 76.9 cm³/mol. The van der Waals surface area contributed by atoms with Crippen LogP contribution in [0.5, 0.6) is 5.75 Å². The topological polar surface area (TPSA) is 50.1 Å². The van der Waals surface area contributed by atoms with E-state index in [1.807, 2.05) is 19.1 Å². The van der Waals surface area contributed by atoms with Crippen molar-refractivity contribution in [2.75, 3.05) is 7.11 Å². The molecule has 2 rings (SSSR count). The molecule has 0 N–H and O–H groups in total. The van der Waals surface area contributed by atoms with Crippen molar-refractivity contribution in [1.82, 2.24) is 0 Å². The highest BCUT2D eigenvalue weighted by molar-refractivity contribution is 6.02. The molecule has 20 heavy (non-hydrogen) atoms. The molecule has 0 radical (unpaired) electrons. The Morgan fingerprint density at radius 3 is 2.45 bits per heavy atom. The van der Waals surface area contributed by atoms with Crippen molar-refractivity contribution in [1.29, 1.82) is 5.26 Å². The minimum Gasteiger partial charge on any atom is -0.497 e. The highest BCUT2D eigenvalue weighted by Crippen LogP contribution is 2.23. The maximum atomic E-state index is 12.4. The van der Waals surface area contributed by atoms with E-state index >= 15 is 0 Å². The van der Waals surface area contributed by atoms with E-state index in [4.69, 9.17) is 4.74 Å². The number of methoxy groups -OCH3 is 1. The second-order valence-corrected chi connectivity index (χ2v) is 4.57. The monoisotopic (exact) mass is 265 g/mol. The van der Waals surface area contributed by atoms with Gasteiger partial charge in [0.05, 0.1) is 13.2 Å². The maximum Gasteiger partial charge on any atom is 0.184 e. The molecule has 1 unspecified atom stereocenters. The normalized spacial score (nSPS) is 11.4. The lowest BCUT2D eigenvalue weighted by molar-refractivity contribution is 0.0978. The Kier molecular flexibility index (Phi) is 4.17. The quantitative estimate of drug-likeness (QED) is 0.795. The second-order valence-electron chi connectivity index (χ2n) is 4.57. The number of nitriles is 1. The summed E-state index contributed by atoms with van der Waals surface area (Å²) in [6.07, 6.45) is 0. The second kappa shape index (κ2) is 6.03. The van der Waals surface area contributed by atoms with Crippen molar-refractivity contribution in [2.45, 2.75) is 12.8 Å². The first-order chi connectivity index (χ1) is 9.65. The lowest BCUT2D eigenvalue weighted by Gasteiger charge is -2.10. The van der Waals surface area contributed by atoms with Crippen LogP contribution in [0.1, 0.15) is 27.4 Å². The average Bonchev–Trinajstić information content (AvgIpc) is 2.48. The smallest absolute Gasteiger partial charge is 0.184 e. The molecule has 0 heterocycles. The van der Waals surface area contributed by atoms with E-state index in [1.165, 1.54) is 0 Å². The minimum absolute atomic E-state index is 0.179. The van der Waals surface area contributed by atoms with Crippen LogP contribution in [0.4, 0.5) is 0 Å². The molecular formula is C17H15NO2. The van der Waals surface area contributed by atoms with Crippen molar-refractivity contribution >= 4 is 5.78 Å². The first-order valence-electron chi connectivity index (χ1n) is 6.30. The number of rotatable bonds is 4. The summed E-state index contributed by atoms with van der Waals surface area (Å²) in [5.41, 5.74) is 2.24. The fourth-order valence-electron chi connectivity index (χ4n) is 2.05. The van der Waals surface area contributed by atoms with Crippen molar-refractivity contribution in [3.63, 3.8) is 0 Å². The van der Waals surface area contributed by atoms with Gasteiger partial charge < -0.3 is 4.74 Å². The molecule has 0 fully saturated rings. The summed E-state index contributed by atoms with van der Waals surface area (Å²) in [6.45, 7) is 1.92. The summed E-state index contributed by atoms with van der Waals surface area (Å²) in [5.74, 6) is -0.266. The standard InChI is InChI=1S/C17H15NO2/c1-12-4-3-5-14(10-12)17(19)16(11-18)13-6-8-15(20-2)9-7-13/h3-10,16H,1-2H3. The molecule has 0 bridgehead atoms. The molecule has 2 aromatic carbocycles. The van der Waals surface area contributed by atoms with Gasteiger partial charge in [-0.2, -0.15) is 5.26 Å². The molecule has 3 nitrogen and oxygen atoms in total. The molecule has 100 valence electrons. The van der Waals surface area contributed by atoms with E-state index in [9.17, 15) is 10.1 Å². The fourth-order valence-corrected chi connectivity index (χ4v) is 2.05. The summed E-state index contributed by atoms with van der Waals surface area (Å²) >= 11 is 0. The number of carbonyl (C=O) groups is 1. The van der Waals surface area contributed by atoms with Crippen LogP contribution < -0.4 is 4.74 Å². The van der Waals surface area contributed by atoms with Gasteiger partial charge in [-0.25, -0.2) is 0 Å². The summed E-state index contributed by atoms with van der Waals surface area (Å²) < 4.78 is 5.08. The van der Waals surface area contributed by atoms with Crippen molar-refractivity contribution in [3.8, 4) is 11.8 Å². The molecule has 0 amide bonds. The molecule has 0 spiro atoms. The number of hydrogen-bond acceptors (Lipinski definition) is 3. The first kappa shape index (κ1) is 13.8. The molecule has 0 saturated carbocycles. The maximum absolute atomic E-state index is 12.4. The van der Waals surface area contributed by atoms with E-state index in [0.29, 0.717) is 16.9 Å². The molecule has 0 aliphatic rings. The van der Waals surface area contributed by atoms with Gasteiger partial charge in [-0.3, -0.25) is 4.79 Å². The molecule has 0 aliphatic heterocycles. The zero-order valence-corrected chi connectivity index (χ0v) is 11.5. The Balaban J connectivity index is 2.32. The van der Waals surface area contributed by atoms with Crippen molar-refractivity contribution in [2.24, 2.45) is 0 Å². The zero-order chi connectivity index (χ0) is 14.5. The SMILES string of the molecule is COc1ccc(C(C#N)C(=O)c2cccc(C)c2)cc1. The lowest BCUT2D eigenvalue weighted by atomic mass is 9.91. The van der Waals surface area contributed by atoms with Gasteiger partial charge in [0, 0.05) is 5.56 Å². The van der Waals surface area contributed by atoms with Gasteiger partial charge in [-0.05, 0) is 30.7 Å². The van der Waals surface area contributed by atoms with Crippen LogP contribution in [0.3, 0.4) is 0 Å². The van der Waals surface area contributed by atoms with Gasteiger partial charge >= 0.3 is 0 Å².